The molecule has 0 amide bonds. The first-order valence-electron chi connectivity index (χ1n) is 17.9. The van der Waals surface area contributed by atoms with Crippen LogP contribution in [0.3, 0.4) is 0 Å². The monoisotopic (exact) mass is 675 g/mol. The number of aromatic nitrogens is 3. The highest BCUT2D eigenvalue weighted by Gasteiger charge is 2.20. The third-order valence-corrected chi connectivity index (χ3v) is 10.5. The molecule has 0 atom stereocenters. The summed E-state index contributed by atoms with van der Waals surface area (Å²) in [6.07, 6.45) is 0. The molecule has 0 fully saturated rings. The summed E-state index contributed by atoms with van der Waals surface area (Å²) in [4.78, 5) is 15.6. The first-order chi connectivity index (χ1) is 26.3. The van der Waals surface area contributed by atoms with Gasteiger partial charge in [0.15, 0.2) is 17.5 Å². The second-order valence-corrected chi connectivity index (χ2v) is 13.5. The standard InChI is InChI=1S/C49H29N3O/c1-2-14-33(15-3-1)47-50-48(40-23-10-21-38-37(20-9-22-39(38)40)36-19-8-16-30-12-4-6-17-34(30)36)52-49(51-47)42-24-11-25-43-45(42)41-29-28-32-27-26-31-13-5-7-18-35(31)44(32)46(41)53-43/h1-29H. The summed E-state index contributed by atoms with van der Waals surface area (Å²) in [6, 6.07) is 61.5. The second kappa shape index (κ2) is 11.7. The van der Waals surface area contributed by atoms with E-state index in [1.807, 2.05) is 30.3 Å². The van der Waals surface area contributed by atoms with Crippen LogP contribution in [0.1, 0.15) is 0 Å². The molecule has 4 nitrogen and oxygen atoms in total. The van der Waals surface area contributed by atoms with Crippen LogP contribution < -0.4 is 0 Å². The molecule has 0 N–H and O–H groups in total. The molecule has 2 heterocycles. The highest BCUT2D eigenvalue weighted by Crippen LogP contribution is 2.42. The van der Waals surface area contributed by atoms with Crippen molar-refractivity contribution in [3.05, 3.63) is 176 Å². The van der Waals surface area contributed by atoms with Crippen LogP contribution in [0.5, 0.6) is 0 Å². The Labute approximate surface area is 304 Å². The zero-order chi connectivity index (χ0) is 34.9. The third-order valence-electron chi connectivity index (χ3n) is 10.5. The van der Waals surface area contributed by atoms with Gasteiger partial charge < -0.3 is 4.42 Å². The van der Waals surface area contributed by atoms with Crippen LogP contribution in [0.4, 0.5) is 0 Å². The van der Waals surface area contributed by atoms with Gasteiger partial charge >= 0.3 is 0 Å². The normalized spacial score (nSPS) is 11.8. The molecule has 0 bridgehead atoms. The lowest BCUT2D eigenvalue weighted by molar-refractivity contribution is 0.673. The van der Waals surface area contributed by atoms with E-state index in [9.17, 15) is 0 Å². The lowest BCUT2D eigenvalue weighted by atomic mass is 9.92. The van der Waals surface area contributed by atoms with E-state index in [4.69, 9.17) is 19.4 Å². The number of benzene rings is 9. The zero-order valence-electron chi connectivity index (χ0n) is 28.5. The third kappa shape index (κ3) is 4.66. The number of rotatable bonds is 4. The van der Waals surface area contributed by atoms with Crippen molar-refractivity contribution in [1.29, 1.82) is 0 Å². The predicted octanol–water partition coefficient (Wildman–Crippen LogP) is 13.1. The van der Waals surface area contributed by atoms with Crippen LogP contribution in [0.2, 0.25) is 0 Å². The van der Waals surface area contributed by atoms with Crippen molar-refractivity contribution >= 4 is 65.0 Å². The molecule has 2 aromatic heterocycles. The van der Waals surface area contributed by atoms with Crippen molar-refractivity contribution in [1.82, 2.24) is 15.0 Å². The van der Waals surface area contributed by atoms with Gasteiger partial charge in [-0.25, -0.2) is 15.0 Å². The minimum Gasteiger partial charge on any atom is -0.455 e. The molecule has 0 radical (unpaired) electrons. The van der Waals surface area contributed by atoms with Gasteiger partial charge in [-0.1, -0.05) is 164 Å². The van der Waals surface area contributed by atoms with Crippen LogP contribution in [0, 0.1) is 0 Å². The van der Waals surface area contributed by atoms with Gasteiger partial charge in [-0.05, 0) is 61.0 Å². The summed E-state index contributed by atoms with van der Waals surface area (Å²) in [5, 5.41) is 11.3. The molecule has 0 spiro atoms. The number of fused-ring (bicyclic) bond motifs is 9. The first kappa shape index (κ1) is 29.5. The molecule has 11 rings (SSSR count). The molecule has 9 aromatic carbocycles. The Morgan fingerprint density at radius 3 is 1.66 bits per heavy atom. The highest BCUT2D eigenvalue weighted by atomic mass is 16.3. The largest absolute Gasteiger partial charge is 0.455 e. The smallest absolute Gasteiger partial charge is 0.164 e. The van der Waals surface area contributed by atoms with E-state index in [-0.39, 0.29) is 0 Å². The average Bonchev–Trinajstić information content (AvgIpc) is 3.62. The van der Waals surface area contributed by atoms with Crippen molar-refractivity contribution in [2.45, 2.75) is 0 Å². The van der Waals surface area contributed by atoms with Gasteiger partial charge in [0.05, 0.1) is 0 Å². The molecule has 0 saturated heterocycles. The zero-order valence-corrected chi connectivity index (χ0v) is 28.5. The fraction of sp³-hybridized carbons (Fsp3) is 0. The van der Waals surface area contributed by atoms with E-state index in [2.05, 4.69) is 146 Å². The van der Waals surface area contributed by atoms with Gasteiger partial charge in [-0.2, -0.15) is 0 Å². The van der Waals surface area contributed by atoms with Crippen LogP contribution in [0.15, 0.2) is 180 Å². The lowest BCUT2D eigenvalue weighted by Crippen LogP contribution is -2.01. The van der Waals surface area contributed by atoms with E-state index in [0.717, 1.165) is 60.2 Å². The quantitative estimate of drug-likeness (QED) is 0.174. The Balaban J connectivity index is 1.17. The van der Waals surface area contributed by atoms with Gasteiger partial charge in [0, 0.05) is 32.8 Å². The van der Waals surface area contributed by atoms with Crippen LogP contribution in [-0.2, 0) is 0 Å². The molecule has 0 aliphatic carbocycles. The van der Waals surface area contributed by atoms with E-state index in [1.54, 1.807) is 0 Å². The summed E-state index contributed by atoms with van der Waals surface area (Å²) in [5.41, 5.74) is 6.82. The summed E-state index contributed by atoms with van der Waals surface area (Å²) < 4.78 is 6.74. The highest BCUT2D eigenvalue weighted by molar-refractivity contribution is 6.24. The van der Waals surface area contributed by atoms with Crippen molar-refractivity contribution in [2.75, 3.05) is 0 Å². The number of furan rings is 1. The maximum absolute atomic E-state index is 6.74. The van der Waals surface area contributed by atoms with Crippen molar-refractivity contribution in [3.8, 4) is 45.3 Å². The Bertz CT molecular complexity index is 3230. The maximum Gasteiger partial charge on any atom is 0.164 e. The van der Waals surface area contributed by atoms with Gasteiger partial charge in [0.2, 0.25) is 0 Å². The molecule has 0 saturated carbocycles. The van der Waals surface area contributed by atoms with Crippen molar-refractivity contribution < 1.29 is 4.42 Å². The maximum atomic E-state index is 6.74. The molecule has 0 aliphatic heterocycles. The Morgan fingerprint density at radius 2 is 0.830 bits per heavy atom. The van der Waals surface area contributed by atoms with Crippen LogP contribution in [0.25, 0.3) is 110 Å². The Morgan fingerprint density at radius 1 is 0.302 bits per heavy atom. The number of hydrogen-bond acceptors (Lipinski definition) is 4. The molecule has 0 unspecified atom stereocenters. The number of nitrogens with zero attached hydrogens (tertiary/aromatic N) is 3. The van der Waals surface area contributed by atoms with E-state index in [0.29, 0.717) is 17.5 Å². The molecular weight excluding hydrogens is 647 g/mol. The summed E-state index contributed by atoms with van der Waals surface area (Å²) in [7, 11) is 0. The molecule has 0 aliphatic rings. The topological polar surface area (TPSA) is 51.8 Å². The molecular formula is C49H29N3O. The summed E-state index contributed by atoms with van der Waals surface area (Å²) in [6.45, 7) is 0. The Hall–Kier alpha value is -7.17. The average molecular weight is 676 g/mol. The lowest BCUT2D eigenvalue weighted by Gasteiger charge is -2.14. The van der Waals surface area contributed by atoms with Crippen LogP contribution >= 0.6 is 0 Å². The van der Waals surface area contributed by atoms with Crippen molar-refractivity contribution in [3.63, 3.8) is 0 Å². The SMILES string of the molecule is c1ccc(-c2nc(-c3cccc4c(-c5cccc6ccccc56)cccc34)nc(-c3cccc4oc5c(ccc6ccc7ccccc7c65)c34)n2)cc1. The Kier molecular flexibility index (Phi) is 6.52. The van der Waals surface area contributed by atoms with Gasteiger partial charge in [-0.3, -0.25) is 0 Å². The first-order valence-corrected chi connectivity index (χ1v) is 17.9. The molecule has 53 heavy (non-hydrogen) atoms. The minimum atomic E-state index is 0.599. The predicted molar refractivity (Wildman–Crippen MR) is 219 cm³/mol. The molecule has 246 valence electrons. The van der Waals surface area contributed by atoms with E-state index in [1.165, 1.54) is 32.7 Å². The fourth-order valence-corrected chi connectivity index (χ4v) is 8.09. The summed E-state index contributed by atoms with van der Waals surface area (Å²) in [5.74, 6) is 1.84. The van der Waals surface area contributed by atoms with E-state index >= 15 is 0 Å². The van der Waals surface area contributed by atoms with E-state index < -0.39 is 0 Å². The fourth-order valence-electron chi connectivity index (χ4n) is 8.09. The second-order valence-electron chi connectivity index (χ2n) is 13.5. The molecule has 11 aromatic rings. The summed E-state index contributed by atoms with van der Waals surface area (Å²) >= 11 is 0. The van der Waals surface area contributed by atoms with Gasteiger partial charge in [-0.15, -0.1) is 0 Å². The minimum absolute atomic E-state index is 0.599. The molecule has 4 heteroatoms. The van der Waals surface area contributed by atoms with Gasteiger partial charge in [0.25, 0.3) is 0 Å². The van der Waals surface area contributed by atoms with Crippen molar-refractivity contribution in [2.24, 2.45) is 0 Å². The van der Waals surface area contributed by atoms with Crippen LogP contribution in [-0.4, -0.2) is 15.0 Å². The van der Waals surface area contributed by atoms with Gasteiger partial charge in [0.1, 0.15) is 11.2 Å². The number of hydrogen-bond donors (Lipinski definition) is 0.